The normalized spacial score (nSPS) is 18.4. The minimum Gasteiger partial charge on any atom is -0.395 e. The van der Waals surface area contributed by atoms with Crippen LogP contribution in [0.25, 0.3) is 6.08 Å². The van der Waals surface area contributed by atoms with Gasteiger partial charge >= 0.3 is 6.03 Å². The molecule has 0 spiro atoms. The van der Waals surface area contributed by atoms with E-state index in [1.54, 1.807) is 6.08 Å². The molecule has 2 rings (SSSR count). The molecule has 1 heterocycles. The number of piperidine rings is 1. The summed E-state index contributed by atoms with van der Waals surface area (Å²) in [7, 11) is 0. The number of hydrogen-bond acceptors (Lipinski definition) is 3. The Labute approximate surface area is 138 Å². The summed E-state index contributed by atoms with van der Waals surface area (Å²) in [4.78, 5) is 14.2. The van der Waals surface area contributed by atoms with Gasteiger partial charge in [0.1, 0.15) is 0 Å². The maximum absolute atomic E-state index is 11.8. The summed E-state index contributed by atoms with van der Waals surface area (Å²) in [6.45, 7) is 6.53. The first kappa shape index (κ1) is 17.5. The highest BCUT2D eigenvalue weighted by Crippen LogP contribution is 2.16. The van der Waals surface area contributed by atoms with Crippen LogP contribution in [0.1, 0.15) is 31.2 Å². The van der Waals surface area contributed by atoms with Gasteiger partial charge in [-0.05, 0) is 43.5 Å². The molecular formula is C18H27N3O2. The Hall–Kier alpha value is -1.85. The van der Waals surface area contributed by atoms with E-state index in [0.717, 1.165) is 37.2 Å². The Bertz CT molecular complexity index is 501. The quantitative estimate of drug-likeness (QED) is 0.678. The van der Waals surface area contributed by atoms with Crippen molar-refractivity contribution in [2.45, 2.75) is 31.7 Å². The first-order chi connectivity index (χ1) is 11.2. The van der Waals surface area contributed by atoms with E-state index in [1.807, 2.05) is 24.3 Å². The summed E-state index contributed by atoms with van der Waals surface area (Å²) in [6.07, 6.45) is 6.13. The van der Waals surface area contributed by atoms with Crippen LogP contribution in [0.15, 0.2) is 30.8 Å². The summed E-state index contributed by atoms with van der Waals surface area (Å²) >= 11 is 0. The first-order valence-corrected chi connectivity index (χ1v) is 8.35. The van der Waals surface area contributed by atoms with Crippen molar-refractivity contribution >= 4 is 17.8 Å². The number of urea groups is 1. The first-order valence-electron chi connectivity index (χ1n) is 8.35. The molecule has 0 saturated carbocycles. The van der Waals surface area contributed by atoms with E-state index in [2.05, 4.69) is 22.1 Å². The van der Waals surface area contributed by atoms with Crippen LogP contribution in [0.3, 0.4) is 0 Å². The Kier molecular flexibility index (Phi) is 7.10. The molecule has 1 atom stereocenters. The molecule has 1 unspecified atom stereocenters. The molecule has 126 valence electrons. The molecule has 0 aliphatic carbocycles. The van der Waals surface area contributed by atoms with E-state index >= 15 is 0 Å². The van der Waals surface area contributed by atoms with Crippen molar-refractivity contribution in [1.82, 2.24) is 10.2 Å². The van der Waals surface area contributed by atoms with Crippen LogP contribution in [0.5, 0.6) is 0 Å². The standard InChI is InChI=1S/C18H27N3O2/c1-2-15-7-9-16(10-8-15)20-18(23)19-11-5-13-21-12-4-3-6-17(21)14-22/h2,7-10,17,22H,1,3-6,11-14H2,(H2,19,20,23). The van der Waals surface area contributed by atoms with E-state index in [4.69, 9.17) is 0 Å². The van der Waals surface area contributed by atoms with Crippen LogP contribution in [0, 0.1) is 0 Å². The number of hydrogen-bond donors (Lipinski definition) is 3. The van der Waals surface area contributed by atoms with Crippen LogP contribution >= 0.6 is 0 Å². The fourth-order valence-corrected chi connectivity index (χ4v) is 2.92. The van der Waals surface area contributed by atoms with Crippen molar-refractivity contribution < 1.29 is 9.90 Å². The molecule has 0 bridgehead atoms. The largest absolute Gasteiger partial charge is 0.395 e. The number of aliphatic hydroxyl groups excluding tert-OH is 1. The number of nitrogens with one attached hydrogen (secondary N) is 2. The van der Waals surface area contributed by atoms with Gasteiger partial charge in [0.2, 0.25) is 0 Å². The molecule has 0 radical (unpaired) electrons. The lowest BCUT2D eigenvalue weighted by Crippen LogP contribution is -2.43. The zero-order chi connectivity index (χ0) is 16.5. The molecule has 23 heavy (non-hydrogen) atoms. The van der Waals surface area contributed by atoms with Crippen molar-refractivity contribution in [1.29, 1.82) is 0 Å². The second kappa shape index (κ2) is 9.33. The van der Waals surface area contributed by atoms with Crippen molar-refractivity contribution in [3.63, 3.8) is 0 Å². The van der Waals surface area contributed by atoms with Crippen molar-refractivity contribution in [3.8, 4) is 0 Å². The van der Waals surface area contributed by atoms with Gasteiger partial charge in [-0.15, -0.1) is 0 Å². The fraction of sp³-hybridized carbons (Fsp3) is 0.500. The molecule has 1 aromatic rings. The molecule has 1 saturated heterocycles. The highest BCUT2D eigenvalue weighted by atomic mass is 16.3. The molecule has 3 N–H and O–H groups in total. The van der Waals surface area contributed by atoms with E-state index in [0.29, 0.717) is 12.6 Å². The fourth-order valence-electron chi connectivity index (χ4n) is 2.92. The lowest BCUT2D eigenvalue weighted by Gasteiger charge is -2.34. The maximum Gasteiger partial charge on any atom is 0.319 e. The molecule has 1 aliphatic heterocycles. The van der Waals surface area contributed by atoms with E-state index < -0.39 is 0 Å². The van der Waals surface area contributed by atoms with Gasteiger partial charge in [0.25, 0.3) is 0 Å². The maximum atomic E-state index is 11.8. The Balaban J connectivity index is 1.65. The number of nitrogens with zero attached hydrogens (tertiary/aromatic N) is 1. The molecule has 5 heteroatoms. The van der Waals surface area contributed by atoms with E-state index in [-0.39, 0.29) is 12.6 Å². The summed E-state index contributed by atoms with van der Waals surface area (Å²) < 4.78 is 0. The van der Waals surface area contributed by atoms with Gasteiger partial charge in [-0.2, -0.15) is 0 Å². The summed E-state index contributed by atoms with van der Waals surface area (Å²) in [5.41, 5.74) is 1.79. The zero-order valence-corrected chi connectivity index (χ0v) is 13.6. The third-order valence-corrected chi connectivity index (χ3v) is 4.27. The third-order valence-electron chi connectivity index (χ3n) is 4.27. The topological polar surface area (TPSA) is 64.6 Å². The molecular weight excluding hydrogens is 290 g/mol. The van der Waals surface area contributed by atoms with Gasteiger partial charge in [-0.1, -0.05) is 31.2 Å². The number of likely N-dealkylation sites (tertiary alicyclic amines) is 1. The molecule has 2 amide bonds. The number of carbonyl (C=O) groups excluding carboxylic acids is 1. The highest BCUT2D eigenvalue weighted by Gasteiger charge is 2.20. The molecule has 1 aliphatic rings. The van der Waals surface area contributed by atoms with Crippen molar-refractivity contribution in [3.05, 3.63) is 36.4 Å². The van der Waals surface area contributed by atoms with Crippen LogP contribution in [-0.2, 0) is 0 Å². The van der Waals surface area contributed by atoms with Crippen LogP contribution < -0.4 is 10.6 Å². The number of carbonyl (C=O) groups is 1. The number of aliphatic hydroxyl groups is 1. The minimum atomic E-state index is -0.186. The Morgan fingerprint density at radius 1 is 1.35 bits per heavy atom. The average molecular weight is 317 g/mol. The Morgan fingerprint density at radius 2 is 2.13 bits per heavy atom. The smallest absolute Gasteiger partial charge is 0.319 e. The molecule has 5 nitrogen and oxygen atoms in total. The Morgan fingerprint density at radius 3 is 2.83 bits per heavy atom. The van der Waals surface area contributed by atoms with E-state index in [1.165, 1.54) is 12.8 Å². The number of amides is 2. The summed E-state index contributed by atoms with van der Waals surface area (Å²) in [6, 6.07) is 7.64. The van der Waals surface area contributed by atoms with E-state index in [9.17, 15) is 9.90 Å². The van der Waals surface area contributed by atoms with Gasteiger partial charge in [-0.3, -0.25) is 4.90 Å². The van der Waals surface area contributed by atoms with Gasteiger partial charge < -0.3 is 15.7 Å². The van der Waals surface area contributed by atoms with Crippen LogP contribution in [0.4, 0.5) is 10.5 Å². The van der Waals surface area contributed by atoms with Crippen LogP contribution in [-0.4, -0.2) is 48.3 Å². The lowest BCUT2D eigenvalue weighted by molar-refractivity contribution is 0.0894. The summed E-state index contributed by atoms with van der Waals surface area (Å²) in [5, 5.41) is 15.1. The molecule has 1 aromatic carbocycles. The summed E-state index contributed by atoms with van der Waals surface area (Å²) in [5.74, 6) is 0. The minimum absolute atomic E-state index is 0.186. The predicted octanol–water partition coefficient (Wildman–Crippen LogP) is 2.69. The van der Waals surface area contributed by atoms with Crippen molar-refractivity contribution in [2.75, 3.05) is 31.6 Å². The SMILES string of the molecule is C=Cc1ccc(NC(=O)NCCCN2CCCCC2CO)cc1. The second-order valence-electron chi connectivity index (χ2n) is 5.93. The number of benzene rings is 1. The monoisotopic (exact) mass is 317 g/mol. The molecule has 0 aromatic heterocycles. The third kappa shape index (κ3) is 5.69. The van der Waals surface area contributed by atoms with Gasteiger partial charge in [0.05, 0.1) is 6.61 Å². The van der Waals surface area contributed by atoms with Gasteiger partial charge in [0.15, 0.2) is 0 Å². The van der Waals surface area contributed by atoms with Crippen LogP contribution in [0.2, 0.25) is 0 Å². The number of anilines is 1. The second-order valence-corrected chi connectivity index (χ2v) is 5.93. The average Bonchev–Trinajstić information content (AvgIpc) is 2.59. The highest BCUT2D eigenvalue weighted by molar-refractivity contribution is 5.89. The predicted molar refractivity (Wildman–Crippen MR) is 94.5 cm³/mol. The van der Waals surface area contributed by atoms with Gasteiger partial charge in [0, 0.05) is 24.8 Å². The lowest BCUT2D eigenvalue weighted by atomic mass is 10.0. The van der Waals surface area contributed by atoms with Gasteiger partial charge in [-0.25, -0.2) is 4.79 Å². The molecule has 1 fully saturated rings. The number of rotatable bonds is 7. The zero-order valence-electron chi connectivity index (χ0n) is 13.6. The van der Waals surface area contributed by atoms with Crippen molar-refractivity contribution in [2.24, 2.45) is 0 Å².